The summed E-state index contributed by atoms with van der Waals surface area (Å²) in [6.07, 6.45) is 0. The molecule has 1 aromatic carbocycles. The second-order valence-corrected chi connectivity index (χ2v) is 5.26. The van der Waals surface area contributed by atoms with E-state index in [1.807, 2.05) is 20.2 Å². The standard InChI is InChI=1S/C13H19IN2O3/c1-16(2)9-13(17)15-11-8-10(19-7-6-14)4-5-12(11)18-3/h4-5,8H,6-7,9H2,1-3H3,(H,15,17). The minimum absolute atomic E-state index is 0.0886. The van der Waals surface area contributed by atoms with Gasteiger partial charge in [-0.25, -0.2) is 0 Å². The van der Waals surface area contributed by atoms with Crippen LogP contribution < -0.4 is 14.8 Å². The molecule has 0 aliphatic carbocycles. The summed E-state index contributed by atoms with van der Waals surface area (Å²) < 4.78 is 11.7. The van der Waals surface area contributed by atoms with Gasteiger partial charge in [0.25, 0.3) is 0 Å². The topological polar surface area (TPSA) is 50.8 Å². The van der Waals surface area contributed by atoms with Crippen LogP contribution in [0, 0.1) is 0 Å². The van der Waals surface area contributed by atoms with Gasteiger partial charge in [-0.15, -0.1) is 0 Å². The van der Waals surface area contributed by atoms with E-state index < -0.39 is 0 Å². The van der Waals surface area contributed by atoms with Gasteiger partial charge in [0.1, 0.15) is 11.5 Å². The molecule has 0 heterocycles. The number of carbonyl (C=O) groups excluding carboxylic acids is 1. The molecule has 0 bridgehead atoms. The van der Waals surface area contributed by atoms with E-state index in [0.717, 1.165) is 10.2 Å². The SMILES string of the molecule is COc1ccc(OCCI)cc1NC(=O)CN(C)C. The zero-order valence-electron chi connectivity index (χ0n) is 11.4. The fourth-order valence-corrected chi connectivity index (χ4v) is 1.73. The van der Waals surface area contributed by atoms with Crippen molar-refractivity contribution in [2.45, 2.75) is 0 Å². The number of methoxy groups -OCH3 is 1. The van der Waals surface area contributed by atoms with Gasteiger partial charge in [0.15, 0.2) is 0 Å². The van der Waals surface area contributed by atoms with Crippen LogP contribution in [0.4, 0.5) is 5.69 Å². The number of ether oxygens (including phenoxy) is 2. The zero-order valence-corrected chi connectivity index (χ0v) is 13.6. The maximum atomic E-state index is 11.8. The average Bonchev–Trinajstić information content (AvgIpc) is 2.35. The van der Waals surface area contributed by atoms with Crippen LogP contribution in [0.3, 0.4) is 0 Å². The number of halogens is 1. The van der Waals surface area contributed by atoms with Crippen molar-refractivity contribution in [2.75, 3.05) is 44.1 Å². The quantitative estimate of drug-likeness (QED) is 0.583. The molecule has 19 heavy (non-hydrogen) atoms. The molecule has 1 amide bonds. The molecule has 0 aliphatic heterocycles. The number of hydrogen-bond acceptors (Lipinski definition) is 4. The smallest absolute Gasteiger partial charge is 0.238 e. The Balaban J connectivity index is 2.80. The number of amides is 1. The third-order valence-electron chi connectivity index (χ3n) is 2.25. The van der Waals surface area contributed by atoms with Gasteiger partial charge in [-0.2, -0.15) is 0 Å². The highest BCUT2D eigenvalue weighted by atomic mass is 127. The summed E-state index contributed by atoms with van der Waals surface area (Å²) in [6.45, 7) is 0.958. The molecule has 0 saturated heterocycles. The van der Waals surface area contributed by atoms with Gasteiger partial charge >= 0.3 is 0 Å². The van der Waals surface area contributed by atoms with E-state index in [9.17, 15) is 4.79 Å². The Bertz CT molecular complexity index is 424. The van der Waals surface area contributed by atoms with Crippen LogP contribution in [-0.4, -0.2) is 49.6 Å². The molecule has 0 aliphatic rings. The van der Waals surface area contributed by atoms with Crippen LogP contribution in [0.15, 0.2) is 18.2 Å². The summed E-state index contributed by atoms with van der Waals surface area (Å²) in [7, 11) is 5.26. The number of likely N-dealkylation sites (N-methyl/N-ethyl adjacent to an activating group) is 1. The molecule has 0 radical (unpaired) electrons. The molecule has 0 saturated carbocycles. The maximum Gasteiger partial charge on any atom is 0.238 e. The van der Waals surface area contributed by atoms with Crippen molar-refractivity contribution in [3.8, 4) is 11.5 Å². The number of benzene rings is 1. The highest BCUT2D eigenvalue weighted by Gasteiger charge is 2.09. The number of nitrogens with one attached hydrogen (secondary N) is 1. The first-order chi connectivity index (χ1) is 9.06. The molecule has 1 rings (SSSR count). The van der Waals surface area contributed by atoms with E-state index in [0.29, 0.717) is 24.6 Å². The number of anilines is 1. The lowest BCUT2D eigenvalue weighted by Gasteiger charge is -2.14. The molecule has 0 spiro atoms. The summed E-state index contributed by atoms with van der Waals surface area (Å²) >= 11 is 2.25. The fourth-order valence-electron chi connectivity index (χ4n) is 1.51. The number of nitrogens with zero attached hydrogens (tertiary/aromatic N) is 1. The van der Waals surface area contributed by atoms with E-state index in [1.165, 1.54) is 0 Å². The second kappa shape index (κ2) is 8.21. The molecule has 1 aromatic rings. The first-order valence-electron chi connectivity index (χ1n) is 5.88. The first-order valence-corrected chi connectivity index (χ1v) is 7.40. The lowest BCUT2D eigenvalue weighted by atomic mass is 10.2. The minimum Gasteiger partial charge on any atom is -0.495 e. The highest BCUT2D eigenvalue weighted by Crippen LogP contribution is 2.29. The Morgan fingerprint density at radius 3 is 2.74 bits per heavy atom. The molecule has 106 valence electrons. The summed E-state index contributed by atoms with van der Waals surface area (Å²) in [5.74, 6) is 1.25. The number of carbonyl (C=O) groups is 1. The minimum atomic E-state index is -0.0886. The highest BCUT2D eigenvalue weighted by molar-refractivity contribution is 14.1. The third-order valence-corrected chi connectivity index (χ3v) is 2.69. The predicted molar refractivity (Wildman–Crippen MR) is 84.6 cm³/mol. The van der Waals surface area contributed by atoms with E-state index in [2.05, 4.69) is 27.9 Å². The van der Waals surface area contributed by atoms with Gasteiger partial charge in [0.2, 0.25) is 5.91 Å². The normalized spacial score (nSPS) is 10.4. The van der Waals surface area contributed by atoms with Crippen molar-refractivity contribution in [1.29, 1.82) is 0 Å². The van der Waals surface area contributed by atoms with Crippen molar-refractivity contribution in [3.05, 3.63) is 18.2 Å². The van der Waals surface area contributed by atoms with Crippen molar-refractivity contribution in [3.63, 3.8) is 0 Å². The van der Waals surface area contributed by atoms with Gasteiger partial charge in [-0.05, 0) is 26.2 Å². The summed E-state index contributed by atoms with van der Waals surface area (Å²) in [4.78, 5) is 13.6. The van der Waals surface area contributed by atoms with Gasteiger partial charge in [0.05, 0.1) is 25.9 Å². The van der Waals surface area contributed by atoms with Crippen molar-refractivity contribution in [2.24, 2.45) is 0 Å². The Labute approximate surface area is 127 Å². The Kier molecular flexibility index (Phi) is 6.93. The largest absolute Gasteiger partial charge is 0.495 e. The lowest BCUT2D eigenvalue weighted by Crippen LogP contribution is -2.27. The summed E-state index contributed by atoms with van der Waals surface area (Å²) in [5.41, 5.74) is 0.625. The molecule has 6 heteroatoms. The van der Waals surface area contributed by atoms with Crippen molar-refractivity contribution < 1.29 is 14.3 Å². The van der Waals surface area contributed by atoms with Crippen LogP contribution in [-0.2, 0) is 4.79 Å². The molecular formula is C13H19IN2O3. The number of rotatable bonds is 7. The van der Waals surface area contributed by atoms with E-state index in [-0.39, 0.29) is 5.91 Å². The third kappa shape index (κ3) is 5.65. The Morgan fingerprint density at radius 2 is 2.16 bits per heavy atom. The van der Waals surface area contributed by atoms with Crippen molar-refractivity contribution >= 4 is 34.2 Å². The van der Waals surface area contributed by atoms with Crippen LogP contribution >= 0.6 is 22.6 Å². The molecule has 5 nitrogen and oxygen atoms in total. The molecule has 0 unspecified atom stereocenters. The fraction of sp³-hybridized carbons (Fsp3) is 0.462. The zero-order chi connectivity index (χ0) is 14.3. The Hall–Kier alpha value is -1.02. The van der Waals surface area contributed by atoms with Gasteiger partial charge in [-0.3, -0.25) is 4.79 Å². The summed E-state index contributed by atoms with van der Waals surface area (Å²) in [6, 6.07) is 5.39. The Morgan fingerprint density at radius 1 is 1.42 bits per heavy atom. The number of hydrogen-bond donors (Lipinski definition) is 1. The molecule has 1 N–H and O–H groups in total. The monoisotopic (exact) mass is 378 g/mol. The van der Waals surface area contributed by atoms with Crippen LogP contribution in [0.25, 0.3) is 0 Å². The predicted octanol–water partition coefficient (Wildman–Crippen LogP) is 2.01. The van der Waals surface area contributed by atoms with Crippen molar-refractivity contribution in [1.82, 2.24) is 4.90 Å². The molecule has 0 atom stereocenters. The summed E-state index contributed by atoms with van der Waals surface area (Å²) in [5, 5.41) is 2.82. The average molecular weight is 378 g/mol. The van der Waals surface area contributed by atoms with Gasteiger partial charge in [0, 0.05) is 10.5 Å². The number of alkyl halides is 1. The van der Waals surface area contributed by atoms with Crippen LogP contribution in [0.2, 0.25) is 0 Å². The van der Waals surface area contributed by atoms with Crippen LogP contribution in [0.5, 0.6) is 11.5 Å². The van der Waals surface area contributed by atoms with Gasteiger partial charge < -0.3 is 19.7 Å². The first kappa shape index (κ1) is 16.0. The van der Waals surface area contributed by atoms with E-state index in [1.54, 1.807) is 24.1 Å². The molecule has 0 fully saturated rings. The molecule has 0 aromatic heterocycles. The van der Waals surface area contributed by atoms with E-state index >= 15 is 0 Å². The lowest BCUT2D eigenvalue weighted by molar-refractivity contribution is -0.116. The maximum absolute atomic E-state index is 11.8. The molecular weight excluding hydrogens is 359 g/mol. The van der Waals surface area contributed by atoms with E-state index in [4.69, 9.17) is 9.47 Å². The second-order valence-electron chi connectivity index (χ2n) is 4.19. The van der Waals surface area contributed by atoms with Gasteiger partial charge in [-0.1, -0.05) is 22.6 Å². The van der Waals surface area contributed by atoms with Crippen LogP contribution in [0.1, 0.15) is 0 Å².